The first-order chi connectivity index (χ1) is 3.72. The zero-order valence-electron chi connectivity index (χ0n) is 5.72. The lowest BCUT2D eigenvalue weighted by Crippen LogP contribution is -1.99. The van der Waals surface area contributed by atoms with Crippen molar-refractivity contribution in [2.45, 2.75) is 13.8 Å². The second-order valence-electron chi connectivity index (χ2n) is 2.29. The van der Waals surface area contributed by atoms with E-state index in [2.05, 4.69) is 27.0 Å². The van der Waals surface area contributed by atoms with Crippen LogP contribution >= 0.6 is 0 Å². The van der Waals surface area contributed by atoms with E-state index in [4.69, 9.17) is 0 Å². The molecule has 0 radical (unpaired) electrons. The van der Waals surface area contributed by atoms with Crippen LogP contribution in [0.5, 0.6) is 0 Å². The van der Waals surface area contributed by atoms with Gasteiger partial charge in [0.05, 0.1) is 0 Å². The third kappa shape index (κ3) is 1.97. The van der Waals surface area contributed by atoms with Crippen LogP contribution in [-0.2, 0) is 0 Å². The van der Waals surface area contributed by atoms with E-state index < -0.39 is 0 Å². The fourth-order valence-corrected chi connectivity index (χ4v) is 0.641. The first-order valence-electron chi connectivity index (χ1n) is 2.97. The summed E-state index contributed by atoms with van der Waals surface area (Å²) in [6.45, 7) is 11.7. The molecule has 0 unspecified atom stereocenters. The molecule has 0 saturated carbocycles. The van der Waals surface area contributed by atoms with E-state index in [0.717, 1.165) is 0 Å². The van der Waals surface area contributed by atoms with Crippen LogP contribution in [0.1, 0.15) is 13.8 Å². The predicted octanol–water partition coefficient (Wildman–Crippen LogP) is 2.63. The molecule has 0 N–H and O–H groups in total. The van der Waals surface area contributed by atoms with E-state index in [9.17, 15) is 0 Å². The maximum absolute atomic E-state index is 3.68. The lowest BCUT2D eigenvalue weighted by atomic mass is 9.97. The van der Waals surface area contributed by atoms with Crippen molar-refractivity contribution < 1.29 is 0 Å². The maximum Gasteiger partial charge on any atom is -0.00358 e. The van der Waals surface area contributed by atoms with E-state index in [1.54, 1.807) is 0 Å². The van der Waals surface area contributed by atoms with Gasteiger partial charge in [-0.1, -0.05) is 26.0 Å². The van der Waals surface area contributed by atoms with Crippen molar-refractivity contribution >= 4 is 0 Å². The first kappa shape index (κ1) is 7.48. The van der Waals surface area contributed by atoms with Crippen molar-refractivity contribution in [3.8, 4) is 0 Å². The maximum atomic E-state index is 3.68. The molecule has 0 spiro atoms. The van der Waals surface area contributed by atoms with Crippen molar-refractivity contribution in [1.82, 2.24) is 0 Å². The minimum atomic E-state index is 0.481. The number of rotatable bonds is 3. The standard InChI is InChI=1S/C8H14/c1-5-8(6-2)7(3)4/h5-8H,1-2H2,3-4H3. The Morgan fingerprint density at radius 1 is 1.12 bits per heavy atom. The van der Waals surface area contributed by atoms with Gasteiger partial charge in [-0.05, 0) is 11.8 Å². The third-order valence-corrected chi connectivity index (χ3v) is 1.31. The minimum absolute atomic E-state index is 0.481. The number of allylic oxidation sites excluding steroid dienone is 2. The van der Waals surface area contributed by atoms with Gasteiger partial charge < -0.3 is 0 Å². The Bertz CT molecular complexity index is 72.0. The fraction of sp³-hybridized carbons (Fsp3) is 0.500. The average Bonchev–Trinajstić information content (AvgIpc) is 1.69. The van der Waals surface area contributed by atoms with Crippen LogP contribution in [0.3, 0.4) is 0 Å². The van der Waals surface area contributed by atoms with Gasteiger partial charge in [0.15, 0.2) is 0 Å². The Labute approximate surface area is 51.9 Å². The van der Waals surface area contributed by atoms with E-state index >= 15 is 0 Å². The van der Waals surface area contributed by atoms with Crippen LogP contribution in [0.4, 0.5) is 0 Å². The van der Waals surface area contributed by atoms with Crippen LogP contribution < -0.4 is 0 Å². The summed E-state index contributed by atoms with van der Waals surface area (Å²) >= 11 is 0. The Morgan fingerprint density at radius 2 is 1.50 bits per heavy atom. The van der Waals surface area contributed by atoms with Crippen LogP contribution in [0.2, 0.25) is 0 Å². The molecular formula is C8H14. The molecule has 0 aliphatic carbocycles. The van der Waals surface area contributed by atoms with Crippen molar-refractivity contribution in [1.29, 1.82) is 0 Å². The van der Waals surface area contributed by atoms with Gasteiger partial charge in [0.1, 0.15) is 0 Å². The van der Waals surface area contributed by atoms with Crippen molar-refractivity contribution in [2.75, 3.05) is 0 Å². The zero-order chi connectivity index (χ0) is 6.57. The zero-order valence-corrected chi connectivity index (χ0v) is 5.72. The molecule has 0 amide bonds. The summed E-state index contributed by atoms with van der Waals surface area (Å²) in [5, 5.41) is 0. The van der Waals surface area contributed by atoms with Crippen LogP contribution in [0, 0.1) is 11.8 Å². The van der Waals surface area contributed by atoms with Crippen molar-refractivity contribution in [2.24, 2.45) is 11.8 Å². The molecule has 0 atom stereocenters. The minimum Gasteiger partial charge on any atom is -0.102 e. The highest BCUT2D eigenvalue weighted by Gasteiger charge is 2.01. The third-order valence-electron chi connectivity index (χ3n) is 1.31. The van der Waals surface area contributed by atoms with Crippen LogP contribution in [0.25, 0.3) is 0 Å². The summed E-state index contributed by atoms with van der Waals surface area (Å²) in [5.74, 6) is 1.12. The Morgan fingerprint density at radius 3 is 1.50 bits per heavy atom. The quantitative estimate of drug-likeness (QED) is 0.490. The normalized spacial score (nSPS) is 10.0. The molecule has 0 aliphatic rings. The molecule has 0 nitrogen and oxygen atoms in total. The van der Waals surface area contributed by atoms with E-state index in [1.807, 2.05) is 12.2 Å². The topological polar surface area (TPSA) is 0 Å². The van der Waals surface area contributed by atoms with E-state index in [-0.39, 0.29) is 0 Å². The van der Waals surface area contributed by atoms with Gasteiger partial charge >= 0.3 is 0 Å². The fourth-order valence-electron chi connectivity index (χ4n) is 0.641. The monoisotopic (exact) mass is 110 g/mol. The Balaban J connectivity index is 3.68. The van der Waals surface area contributed by atoms with Gasteiger partial charge in [-0.3, -0.25) is 0 Å². The molecule has 0 aliphatic heterocycles. The van der Waals surface area contributed by atoms with Gasteiger partial charge in [-0.25, -0.2) is 0 Å². The van der Waals surface area contributed by atoms with Crippen LogP contribution in [0.15, 0.2) is 25.3 Å². The summed E-state index contributed by atoms with van der Waals surface area (Å²) in [6.07, 6.45) is 3.86. The lowest BCUT2D eigenvalue weighted by Gasteiger charge is -2.09. The second kappa shape index (κ2) is 3.48. The van der Waals surface area contributed by atoms with Crippen molar-refractivity contribution in [3.63, 3.8) is 0 Å². The molecule has 0 aromatic rings. The Hall–Kier alpha value is -0.520. The average molecular weight is 110 g/mol. The molecular weight excluding hydrogens is 96.1 g/mol. The first-order valence-corrected chi connectivity index (χ1v) is 2.97. The summed E-state index contributed by atoms with van der Waals surface area (Å²) in [6, 6.07) is 0. The highest BCUT2D eigenvalue weighted by atomic mass is 14.1. The smallest absolute Gasteiger partial charge is 0.00358 e. The molecule has 0 aromatic heterocycles. The molecule has 0 fully saturated rings. The number of hydrogen-bond donors (Lipinski definition) is 0. The molecule has 0 heteroatoms. The van der Waals surface area contributed by atoms with Gasteiger partial charge in [-0.15, -0.1) is 13.2 Å². The highest BCUT2D eigenvalue weighted by Crippen LogP contribution is 2.11. The largest absolute Gasteiger partial charge is 0.102 e. The summed E-state index contributed by atoms with van der Waals surface area (Å²) in [4.78, 5) is 0. The molecule has 46 valence electrons. The van der Waals surface area contributed by atoms with Gasteiger partial charge in [0.2, 0.25) is 0 Å². The lowest BCUT2D eigenvalue weighted by molar-refractivity contribution is 0.552. The predicted molar refractivity (Wildman–Crippen MR) is 38.7 cm³/mol. The summed E-state index contributed by atoms with van der Waals surface area (Å²) in [7, 11) is 0. The molecule has 0 rings (SSSR count). The van der Waals surface area contributed by atoms with Gasteiger partial charge in [-0.2, -0.15) is 0 Å². The van der Waals surface area contributed by atoms with Gasteiger partial charge in [0.25, 0.3) is 0 Å². The second-order valence-corrected chi connectivity index (χ2v) is 2.29. The Kier molecular flexibility index (Phi) is 3.25. The van der Waals surface area contributed by atoms with E-state index in [1.165, 1.54) is 0 Å². The molecule has 8 heavy (non-hydrogen) atoms. The highest BCUT2D eigenvalue weighted by molar-refractivity contribution is 4.93. The van der Waals surface area contributed by atoms with E-state index in [0.29, 0.717) is 11.8 Å². The summed E-state index contributed by atoms with van der Waals surface area (Å²) in [5.41, 5.74) is 0. The van der Waals surface area contributed by atoms with Crippen LogP contribution in [-0.4, -0.2) is 0 Å². The van der Waals surface area contributed by atoms with Crippen molar-refractivity contribution in [3.05, 3.63) is 25.3 Å². The summed E-state index contributed by atoms with van der Waals surface area (Å²) < 4.78 is 0. The molecule has 0 heterocycles. The SMILES string of the molecule is C=CC(C=C)C(C)C. The number of hydrogen-bond acceptors (Lipinski definition) is 0. The molecule has 0 saturated heterocycles. The van der Waals surface area contributed by atoms with Gasteiger partial charge in [0, 0.05) is 0 Å². The molecule has 0 bridgehead atoms. The molecule has 0 aromatic carbocycles.